The van der Waals surface area contributed by atoms with Crippen LogP contribution in [-0.2, 0) is 17.1 Å². The van der Waals surface area contributed by atoms with Crippen molar-refractivity contribution in [1.82, 2.24) is 9.55 Å². The van der Waals surface area contributed by atoms with E-state index in [1.807, 2.05) is 0 Å². The zero-order valence-corrected chi connectivity index (χ0v) is 20.4. The summed E-state index contributed by atoms with van der Waals surface area (Å²) in [4.78, 5) is 28.2. The third-order valence-electron chi connectivity index (χ3n) is 5.64. The molecule has 0 atom stereocenters. The van der Waals surface area contributed by atoms with Crippen LogP contribution in [-0.4, -0.2) is 37.3 Å². The van der Waals surface area contributed by atoms with Crippen LogP contribution in [0.2, 0.25) is 0 Å². The summed E-state index contributed by atoms with van der Waals surface area (Å²) < 4.78 is 56.4. The predicted molar refractivity (Wildman–Crippen MR) is 137 cm³/mol. The molecule has 3 N–H and O–H groups in total. The average Bonchev–Trinajstić information content (AvgIpc) is 3.20. The Bertz CT molecular complexity index is 1700. The number of benzene rings is 2. The van der Waals surface area contributed by atoms with Crippen molar-refractivity contribution >= 4 is 51.5 Å². The monoisotopic (exact) mass is 510 g/mol. The lowest BCUT2D eigenvalue weighted by Gasteiger charge is -2.20. The summed E-state index contributed by atoms with van der Waals surface area (Å²) >= 11 is 0. The fourth-order valence-corrected chi connectivity index (χ4v) is 4.52. The number of rotatable bonds is 7. The van der Waals surface area contributed by atoms with E-state index in [1.165, 1.54) is 36.9 Å². The number of carbonyl (C=O) groups is 1. The van der Waals surface area contributed by atoms with Gasteiger partial charge in [0, 0.05) is 52.8 Å². The smallest absolute Gasteiger partial charge is 0.274 e. The Balaban J connectivity index is 2.09. The first kappa shape index (κ1) is 25.2. The highest BCUT2D eigenvalue weighted by atomic mass is 32.2. The van der Waals surface area contributed by atoms with E-state index in [9.17, 15) is 26.8 Å². The highest BCUT2D eigenvalue weighted by Crippen LogP contribution is 2.40. The normalized spacial score (nSPS) is 11.6. The molecule has 0 spiro atoms. The molecule has 0 saturated heterocycles. The van der Waals surface area contributed by atoms with Crippen LogP contribution in [0, 0.1) is 18.6 Å². The van der Waals surface area contributed by atoms with E-state index in [0.29, 0.717) is 22.7 Å². The lowest BCUT2D eigenvalue weighted by atomic mass is 9.89. The number of fused-ring (bicyclic) bond motifs is 1. The van der Waals surface area contributed by atoms with Gasteiger partial charge >= 0.3 is 0 Å². The number of sulfonamides is 1. The summed E-state index contributed by atoms with van der Waals surface area (Å²) in [5.41, 5.74) is 0.214. The molecule has 184 valence electrons. The predicted octanol–water partition coefficient (Wildman–Crippen LogP) is 3.93. The molecule has 36 heavy (non-hydrogen) atoms. The van der Waals surface area contributed by atoms with E-state index in [-0.39, 0.29) is 45.0 Å². The van der Waals surface area contributed by atoms with Gasteiger partial charge in [0.05, 0.1) is 17.1 Å². The number of carbonyl (C=O) groups excluding carboxylic acids is 1. The molecule has 2 heterocycles. The molecule has 0 bridgehead atoms. The Hall–Kier alpha value is -3.93. The Kier molecular flexibility index (Phi) is 6.48. The first-order chi connectivity index (χ1) is 16.9. The van der Waals surface area contributed by atoms with Crippen LogP contribution in [0.1, 0.15) is 23.0 Å². The zero-order chi connectivity index (χ0) is 26.4. The third kappa shape index (κ3) is 4.76. The molecule has 4 rings (SSSR count). The van der Waals surface area contributed by atoms with Crippen LogP contribution in [0.25, 0.3) is 22.0 Å². The minimum Gasteiger partial charge on any atom is -0.354 e. The fraction of sp³-hybridized carbons (Fsp3) is 0.167. The van der Waals surface area contributed by atoms with Crippen LogP contribution in [0.4, 0.5) is 25.8 Å². The number of nitrogens with one attached hydrogen (secondary N) is 3. The van der Waals surface area contributed by atoms with Gasteiger partial charge < -0.3 is 19.7 Å². The molecule has 0 aliphatic heterocycles. The number of aryl methyl sites for hydroxylation is 2. The van der Waals surface area contributed by atoms with Crippen molar-refractivity contribution in [3.63, 3.8) is 0 Å². The maximum Gasteiger partial charge on any atom is 0.274 e. The molecule has 2 aromatic heterocycles. The second-order valence-corrected chi connectivity index (χ2v) is 10.3. The minimum absolute atomic E-state index is 0.0417. The number of pyridine rings is 1. The topological polar surface area (TPSA) is 113 Å². The summed E-state index contributed by atoms with van der Waals surface area (Å²) in [5, 5.41) is 3.30. The highest BCUT2D eigenvalue weighted by Gasteiger charge is 2.22. The number of hydrogen-bond donors (Lipinski definition) is 3. The molecular weight excluding hydrogens is 489 g/mol. The molecule has 2 radical (unpaired) electrons. The second kappa shape index (κ2) is 9.27. The Morgan fingerprint density at radius 2 is 1.86 bits per heavy atom. The molecule has 8 nitrogen and oxygen atoms in total. The van der Waals surface area contributed by atoms with E-state index < -0.39 is 27.3 Å². The lowest BCUT2D eigenvalue weighted by Crippen LogP contribution is -2.18. The number of aromatic amines is 1. The Labute approximate surface area is 206 Å². The van der Waals surface area contributed by atoms with Crippen LogP contribution in [0.3, 0.4) is 0 Å². The molecule has 0 aliphatic rings. The van der Waals surface area contributed by atoms with E-state index >= 15 is 0 Å². The highest BCUT2D eigenvalue weighted by molar-refractivity contribution is 7.92. The van der Waals surface area contributed by atoms with Crippen molar-refractivity contribution < 1.29 is 22.0 Å². The number of nitrogens with zero attached hydrogens (tertiary/aromatic N) is 1. The largest absolute Gasteiger partial charge is 0.354 e. The molecule has 0 aliphatic carbocycles. The number of halogens is 2. The van der Waals surface area contributed by atoms with Crippen molar-refractivity contribution in [2.45, 2.75) is 13.8 Å². The lowest BCUT2D eigenvalue weighted by molar-refractivity contribution is 0.108. The third-order valence-corrected chi connectivity index (χ3v) is 6.94. The van der Waals surface area contributed by atoms with Crippen molar-refractivity contribution in [1.29, 1.82) is 0 Å². The van der Waals surface area contributed by atoms with Crippen LogP contribution < -0.4 is 15.6 Å². The maximum absolute atomic E-state index is 14.6. The van der Waals surface area contributed by atoms with Crippen molar-refractivity contribution in [3.8, 4) is 11.1 Å². The molecule has 2 aromatic carbocycles. The molecule has 0 unspecified atom stereocenters. The van der Waals surface area contributed by atoms with Crippen molar-refractivity contribution in [2.24, 2.45) is 7.05 Å². The maximum atomic E-state index is 14.6. The Morgan fingerprint density at radius 3 is 2.50 bits per heavy atom. The summed E-state index contributed by atoms with van der Waals surface area (Å²) in [5.74, 6) is -1.94. The van der Waals surface area contributed by atoms with E-state index in [1.54, 1.807) is 13.0 Å². The summed E-state index contributed by atoms with van der Waals surface area (Å²) in [6.07, 6.45) is 1.52. The van der Waals surface area contributed by atoms with Gasteiger partial charge in [0.2, 0.25) is 10.0 Å². The van der Waals surface area contributed by atoms with E-state index in [0.717, 1.165) is 12.1 Å². The average molecular weight is 510 g/mol. The van der Waals surface area contributed by atoms with Crippen molar-refractivity contribution in [2.75, 3.05) is 15.8 Å². The molecule has 12 heteroatoms. The number of aromatic nitrogens is 2. The van der Waals surface area contributed by atoms with Crippen molar-refractivity contribution in [3.05, 3.63) is 75.8 Å². The number of hydrogen-bond acceptors (Lipinski definition) is 5. The standard InChI is InChI=1S/C24H21BF2N4O4S/c1-4-36(34,35)30-14-9-16(18-11-31(3)24(33)22-15(18)7-12(2)28-22)21(17(10-14)23(25)32)29-20-6-5-13(26)8-19(20)27/h5-11,28-30H,4H2,1-3H3. The SMILES string of the molecule is [B]C(=O)c1cc(NS(=O)(=O)CC)cc(-c2cn(C)c(=O)c3[nH]c(C)cc23)c1Nc1ccc(F)cc1F. The summed E-state index contributed by atoms with van der Waals surface area (Å²) in [6.45, 7) is 3.21. The van der Waals surface area contributed by atoms with Crippen LogP contribution in [0.5, 0.6) is 0 Å². The summed E-state index contributed by atoms with van der Waals surface area (Å²) in [6, 6.07) is 7.27. The van der Waals surface area contributed by atoms with E-state index in [2.05, 4.69) is 15.0 Å². The molecule has 0 fully saturated rings. The number of anilines is 3. The number of H-pyrrole nitrogens is 1. The van der Waals surface area contributed by atoms with Gasteiger partial charge in [0.15, 0.2) is 7.85 Å². The molecule has 4 aromatic rings. The quantitative estimate of drug-likeness (QED) is 0.326. The minimum atomic E-state index is -3.74. The summed E-state index contributed by atoms with van der Waals surface area (Å²) in [7, 11) is 3.44. The van der Waals surface area contributed by atoms with E-state index in [4.69, 9.17) is 7.85 Å². The first-order valence-electron chi connectivity index (χ1n) is 10.8. The van der Waals surface area contributed by atoms with Crippen LogP contribution in [0.15, 0.2) is 47.4 Å². The van der Waals surface area contributed by atoms with Gasteiger partial charge in [-0.05, 0) is 44.2 Å². The second-order valence-electron chi connectivity index (χ2n) is 8.27. The zero-order valence-electron chi connectivity index (χ0n) is 19.6. The van der Waals surface area contributed by atoms with Gasteiger partial charge in [-0.1, -0.05) is 0 Å². The fourth-order valence-electron chi connectivity index (χ4n) is 3.90. The van der Waals surface area contributed by atoms with Gasteiger partial charge in [0.25, 0.3) is 5.56 Å². The Morgan fingerprint density at radius 1 is 1.14 bits per heavy atom. The van der Waals surface area contributed by atoms with Gasteiger partial charge in [-0.25, -0.2) is 17.2 Å². The molecule has 0 saturated carbocycles. The van der Waals surface area contributed by atoms with Gasteiger partial charge in [0.1, 0.15) is 22.8 Å². The van der Waals surface area contributed by atoms with Crippen LogP contribution >= 0.6 is 0 Å². The molecular formula is C24H21BF2N4O4S. The van der Waals surface area contributed by atoms with Gasteiger partial charge in [-0.15, -0.1) is 0 Å². The first-order valence-corrected chi connectivity index (χ1v) is 12.4. The molecule has 0 amide bonds. The van der Waals surface area contributed by atoms with Gasteiger partial charge in [-0.2, -0.15) is 0 Å². The van der Waals surface area contributed by atoms with Gasteiger partial charge in [-0.3, -0.25) is 9.52 Å².